The molecule has 0 radical (unpaired) electrons. The van der Waals surface area contributed by atoms with Crippen molar-refractivity contribution < 1.29 is 9.59 Å². The van der Waals surface area contributed by atoms with Crippen LogP contribution in [-0.4, -0.2) is 21.8 Å². The van der Waals surface area contributed by atoms with Crippen molar-refractivity contribution in [3.8, 4) is 0 Å². The van der Waals surface area contributed by atoms with E-state index in [0.717, 1.165) is 40.0 Å². The van der Waals surface area contributed by atoms with Crippen LogP contribution in [0.4, 0.5) is 0 Å². The van der Waals surface area contributed by atoms with Gasteiger partial charge in [0.05, 0.1) is 28.3 Å². The Labute approximate surface area is 216 Å². The van der Waals surface area contributed by atoms with Crippen LogP contribution in [0, 0.1) is 5.41 Å². The van der Waals surface area contributed by atoms with Gasteiger partial charge in [0.25, 0.3) is 5.91 Å². The highest BCUT2D eigenvalue weighted by Crippen LogP contribution is 2.70. The summed E-state index contributed by atoms with van der Waals surface area (Å²) in [6.07, 6.45) is 1.48. The van der Waals surface area contributed by atoms with Gasteiger partial charge in [-0.05, 0) is 41.5 Å². The number of amides is 2. The fourth-order valence-corrected chi connectivity index (χ4v) is 6.63. The maximum absolute atomic E-state index is 14.1. The smallest absolute Gasteiger partial charge is 0.251 e. The number of rotatable bonds is 4. The van der Waals surface area contributed by atoms with Gasteiger partial charge in [-0.25, -0.2) is 9.97 Å². The number of hydrazine groups is 1. The van der Waals surface area contributed by atoms with Crippen molar-refractivity contribution in [1.82, 2.24) is 20.8 Å². The van der Waals surface area contributed by atoms with Crippen molar-refractivity contribution in [1.29, 1.82) is 0 Å². The lowest BCUT2D eigenvalue weighted by atomic mass is 9.63. The van der Waals surface area contributed by atoms with Gasteiger partial charge < -0.3 is 0 Å². The standard InChI is InChI=1S/C31H30N4O2/c1-29(2)30(3)18-19-31(29,26-25(30)32-22-16-10-11-17-23(22)33-26)28(37)35-34-27(36)24(20-12-6-4-7-13-20)21-14-8-5-9-15-21/h4-17,24H,18-19H2,1-3H3,(H,34,36)(H,35,37). The van der Waals surface area contributed by atoms with Gasteiger partial charge >= 0.3 is 0 Å². The zero-order chi connectivity index (χ0) is 25.8. The van der Waals surface area contributed by atoms with E-state index < -0.39 is 16.7 Å². The van der Waals surface area contributed by atoms with Crippen molar-refractivity contribution in [2.75, 3.05) is 0 Å². The molecular weight excluding hydrogens is 460 g/mol. The summed E-state index contributed by atoms with van der Waals surface area (Å²) in [5, 5.41) is 0. The molecule has 2 aliphatic rings. The van der Waals surface area contributed by atoms with E-state index in [1.807, 2.05) is 84.9 Å². The summed E-state index contributed by atoms with van der Waals surface area (Å²) in [6, 6.07) is 27.0. The average molecular weight is 491 g/mol. The van der Waals surface area contributed by atoms with E-state index in [2.05, 4.69) is 31.6 Å². The summed E-state index contributed by atoms with van der Waals surface area (Å²) in [5.74, 6) is -1.08. The fourth-order valence-electron chi connectivity index (χ4n) is 6.63. The normalized spacial score (nSPS) is 23.1. The van der Waals surface area contributed by atoms with Crippen LogP contribution < -0.4 is 10.9 Å². The molecular formula is C31H30N4O2. The van der Waals surface area contributed by atoms with Gasteiger partial charge in [-0.1, -0.05) is 93.6 Å². The summed E-state index contributed by atoms with van der Waals surface area (Å²) in [6.45, 7) is 6.45. The van der Waals surface area contributed by atoms with E-state index in [4.69, 9.17) is 9.97 Å². The first-order chi connectivity index (χ1) is 17.8. The van der Waals surface area contributed by atoms with Crippen molar-refractivity contribution in [2.24, 2.45) is 5.41 Å². The Morgan fingerprint density at radius 1 is 0.703 bits per heavy atom. The first-order valence-electron chi connectivity index (χ1n) is 12.8. The number of benzene rings is 3. The molecule has 2 amide bonds. The van der Waals surface area contributed by atoms with Gasteiger partial charge in [-0.3, -0.25) is 20.4 Å². The highest BCUT2D eigenvalue weighted by atomic mass is 16.2. The molecule has 4 aromatic rings. The number of hydrogen-bond donors (Lipinski definition) is 2. The Morgan fingerprint density at radius 2 is 1.22 bits per heavy atom. The second-order valence-corrected chi connectivity index (χ2v) is 11.0. The maximum Gasteiger partial charge on any atom is 0.251 e. The van der Waals surface area contributed by atoms with Crippen LogP contribution >= 0.6 is 0 Å². The number of fused-ring (bicyclic) bond motifs is 6. The number of aromatic nitrogens is 2. The van der Waals surface area contributed by atoms with E-state index in [1.54, 1.807) is 0 Å². The maximum atomic E-state index is 14.1. The van der Waals surface area contributed by atoms with E-state index in [0.29, 0.717) is 6.42 Å². The third kappa shape index (κ3) is 3.18. The number of hydrogen-bond acceptors (Lipinski definition) is 4. The van der Waals surface area contributed by atoms with E-state index in [-0.39, 0.29) is 17.2 Å². The molecule has 0 saturated heterocycles. The molecule has 6 heteroatoms. The molecule has 1 fully saturated rings. The molecule has 0 spiro atoms. The van der Waals surface area contributed by atoms with Crippen LogP contribution in [0.15, 0.2) is 84.9 Å². The highest BCUT2D eigenvalue weighted by Gasteiger charge is 2.73. The average Bonchev–Trinajstić information content (AvgIpc) is 3.22. The van der Waals surface area contributed by atoms with Crippen molar-refractivity contribution in [2.45, 2.75) is 50.4 Å². The second kappa shape index (κ2) is 8.23. The molecule has 0 aliphatic heterocycles. The zero-order valence-corrected chi connectivity index (χ0v) is 21.3. The third-order valence-electron chi connectivity index (χ3n) is 9.16. The summed E-state index contributed by atoms with van der Waals surface area (Å²) < 4.78 is 0. The fraction of sp³-hybridized carbons (Fsp3) is 0.290. The van der Waals surface area contributed by atoms with Crippen molar-refractivity contribution >= 4 is 22.8 Å². The Bertz CT molecular complexity index is 1480. The molecule has 6 rings (SSSR count). The molecule has 186 valence electrons. The number of nitrogens with zero attached hydrogens (tertiary/aromatic N) is 2. The molecule has 2 bridgehead atoms. The minimum atomic E-state index is -0.892. The van der Waals surface area contributed by atoms with Gasteiger partial charge in [-0.2, -0.15) is 0 Å². The van der Waals surface area contributed by atoms with Gasteiger partial charge in [-0.15, -0.1) is 0 Å². The van der Waals surface area contributed by atoms with Gasteiger partial charge in [0.15, 0.2) is 0 Å². The van der Waals surface area contributed by atoms with Crippen LogP contribution in [0.1, 0.15) is 62.0 Å². The highest BCUT2D eigenvalue weighted by molar-refractivity contribution is 5.95. The predicted octanol–water partition coefficient (Wildman–Crippen LogP) is 4.94. The second-order valence-electron chi connectivity index (χ2n) is 11.0. The molecule has 37 heavy (non-hydrogen) atoms. The van der Waals surface area contributed by atoms with Crippen molar-refractivity contribution in [3.63, 3.8) is 0 Å². The van der Waals surface area contributed by atoms with Gasteiger partial charge in [0.1, 0.15) is 5.41 Å². The lowest BCUT2D eigenvalue weighted by Crippen LogP contribution is -2.56. The number of nitrogens with one attached hydrogen (secondary N) is 2. The molecule has 1 saturated carbocycles. The number of carbonyl (C=O) groups excluding carboxylic acids is 2. The van der Waals surface area contributed by atoms with E-state index in [9.17, 15) is 9.59 Å². The Morgan fingerprint density at radius 3 is 1.78 bits per heavy atom. The monoisotopic (exact) mass is 490 g/mol. The minimum absolute atomic E-state index is 0.238. The zero-order valence-electron chi connectivity index (χ0n) is 21.3. The largest absolute Gasteiger partial charge is 0.272 e. The predicted molar refractivity (Wildman–Crippen MR) is 143 cm³/mol. The van der Waals surface area contributed by atoms with Gasteiger partial charge in [0, 0.05) is 5.41 Å². The summed E-state index contributed by atoms with van der Waals surface area (Å²) in [7, 11) is 0. The Balaban J connectivity index is 1.34. The van der Waals surface area contributed by atoms with Crippen LogP contribution in [0.5, 0.6) is 0 Å². The first kappa shape index (κ1) is 23.3. The van der Waals surface area contributed by atoms with Crippen molar-refractivity contribution in [3.05, 3.63) is 107 Å². The van der Waals surface area contributed by atoms with Crippen LogP contribution in [0.25, 0.3) is 11.0 Å². The molecule has 2 unspecified atom stereocenters. The minimum Gasteiger partial charge on any atom is -0.272 e. The quantitative estimate of drug-likeness (QED) is 0.397. The lowest BCUT2D eigenvalue weighted by Gasteiger charge is -2.39. The number of carbonyl (C=O) groups is 2. The molecule has 2 N–H and O–H groups in total. The SMILES string of the molecule is CC12CCC(C(=O)NNC(=O)C(c3ccccc3)c3ccccc3)(c3nc4ccccc4nc31)C2(C)C. The summed E-state index contributed by atoms with van der Waals surface area (Å²) >= 11 is 0. The third-order valence-corrected chi connectivity index (χ3v) is 9.16. The van der Waals surface area contributed by atoms with Crippen LogP contribution in [0.2, 0.25) is 0 Å². The Kier molecular flexibility index (Phi) is 5.19. The molecule has 1 heterocycles. The summed E-state index contributed by atoms with van der Waals surface area (Å²) in [5.41, 5.74) is 8.92. The van der Waals surface area contributed by atoms with Gasteiger partial charge in [0.2, 0.25) is 5.91 Å². The first-order valence-corrected chi connectivity index (χ1v) is 12.8. The molecule has 1 aromatic heterocycles. The molecule has 2 atom stereocenters. The molecule has 6 nitrogen and oxygen atoms in total. The molecule has 2 aliphatic carbocycles. The van der Waals surface area contributed by atoms with Crippen LogP contribution in [0.3, 0.4) is 0 Å². The van der Waals surface area contributed by atoms with E-state index >= 15 is 0 Å². The van der Waals surface area contributed by atoms with Crippen LogP contribution in [-0.2, 0) is 20.4 Å². The van der Waals surface area contributed by atoms with E-state index in [1.165, 1.54) is 0 Å². The Hall–Kier alpha value is -4.06. The topological polar surface area (TPSA) is 84.0 Å². The number of para-hydroxylation sites is 2. The molecule has 3 aromatic carbocycles. The summed E-state index contributed by atoms with van der Waals surface area (Å²) in [4.78, 5) is 37.6. The lowest BCUT2D eigenvalue weighted by molar-refractivity contribution is -0.135.